The average Bonchev–Trinajstić information content (AvgIpc) is 2.50. The van der Waals surface area contributed by atoms with Gasteiger partial charge in [0.1, 0.15) is 0 Å². The molecule has 1 aliphatic rings. The minimum absolute atomic E-state index is 0.127. The molecule has 20 heavy (non-hydrogen) atoms. The van der Waals surface area contributed by atoms with Crippen LogP contribution < -0.4 is 11.3 Å². The summed E-state index contributed by atoms with van der Waals surface area (Å²) in [4.78, 5) is 4.47. The van der Waals surface area contributed by atoms with Crippen LogP contribution in [0.1, 0.15) is 45.7 Å². The zero-order valence-corrected chi connectivity index (χ0v) is 13.4. The Bertz CT molecular complexity index is 485. The number of hydrogen-bond donors (Lipinski definition) is 1. The third kappa shape index (κ3) is 2.75. The van der Waals surface area contributed by atoms with Gasteiger partial charge in [0, 0.05) is 12.2 Å². The molecule has 1 atom stereocenters. The van der Waals surface area contributed by atoms with Crippen molar-refractivity contribution in [3.8, 4) is 0 Å². The third-order valence-corrected chi connectivity index (χ3v) is 4.37. The maximum absolute atomic E-state index is 6.07. The molecule has 0 amide bonds. The Morgan fingerprint density at radius 1 is 1.25 bits per heavy atom. The fourth-order valence-electron chi connectivity index (χ4n) is 2.35. The number of hydrogen-bond acceptors (Lipinski definition) is 4. The number of nitrogens with zero attached hydrogens (tertiary/aromatic N) is 1. The quantitative estimate of drug-likeness (QED) is 0.852. The Kier molecular flexibility index (Phi) is 3.97. The normalized spacial score (nSPS) is 22.1. The first-order chi connectivity index (χ1) is 9.14. The van der Waals surface area contributed by atoms with E-state index in [1.54, 1.807) is 0 Å². The average molecular weight is 276 g/mol. The summed E-state index contributed by atoms with van der Waals surface area (Å²) in [6.45, 7) is 12.3. The number of rotatable bonds is 3. The van der Waals surface area contributed by atoms with Crippen LogP contribution in [0.5, 0.6) is 0 Å². The molecule has 1 saturated heterocycles. The van der Waals surface area contributed by atoms with Gasteiger partial charge in [-0.25, -0.2) is 0 Å². The maximum atomic E-state index is 6.07. The van der Waals surface area contributed by atoms with Crippen LogP contribution in [0.25, 0.3) is 0 Å². The van der Waals surface area contributed by atoms with E-state index in [-0.39, 0.29) is 17.2 Å². The van der Waals surface area contributed by atoms with Crippen LogP contribution in [-0.2, 0) is 15.7 Å². The van der Waals surface area contributed by atoms with Crippen LogP contribution in [0.2, 0.25) is 0 Å². The Morgan fingerprint density at radius 2 is 1.80 bits per heavy atom. The standard InChI is InChI=1S/C15H25BN2O2/c1-10(17)9-12-7-8-18-13(11(12)2)16-19-14(3,4)15(5,6)20-16/h7-8,10H,9,17H2,1-6H3. The van der Waals surface area contributed by atoms with Crippen molar-refractivity contribution in [2.45, 2.75) is 65.2 Å². The molecule has 0 bridgehead atoms. The summed E-state index contributed by atoms with van der Waals surface area (Å²) in [5, 5.41) is 0. The summed E-state index contributed by atoms with van der Waals surface area (Å²) in [5.74, 6) is 0. The van der Waals surface area contributed by atoms with Crippen molar-refractivity contribution in [2.24, 2.45) is 5.73 Å². The van der Waals surface area contributed by atoms with Crippen LogP contribution in [0.3, 0.4) is 0 Å². The molecule has 0 aromatic carbocycles. The van der Waals surface area contributed by atoms with Crippen molar-refractivity contribution in [2.75, 3.05) is 0 Å². The number of aromatic nitrogens is 1. The summed E-state index contributed by atoms with van der Waals surface area (Å²) in [6, 6.07) is 2.15. The van der Waals surface area contributed by atoms with Crippen LogP contribution >= 0.6 is 0 Å². The van der Waals surface area contributed by atoms with Crippen molar-refractivity contribution in [1.29, 1.82) is 0 Å². The first-order valence-corrected chi connectivity index (χ1v) is 7.19. The fourth-order valence-corrected chi connectivity index (χ4v) is 2.35. The first kappa shape index (κ1) is 15.5. The van der Waals surface area contributed by atoms with Gasteiger partial charge in [-0.2, -0.15) is 0 Å². The summed E-state index contributed by atoms with van der Waals surface area (Å²) in [5.41, 5.74) is 8.40. The Morgan fingerprint density at radius 3 is 2.30 bits per heavy atom. The molecule has 1 aromatic rings. The third-order valence-electron chi connectivity index (χ3n) is 4.37. The molecule has 2 N–H and O–H groups in total. The highest BCUT2D eigenvalue weighted by Crippen LogP contribution is 2.36. The highest BCUT2D eigenvalue weighted by Gasteiger charge is 2.52. The second-order valence-electron chi connectivity index (χ2n) is 6.75. The molecule has 4 nitrogen and oxygen atoms in total. The molecular weight excluding hydrogens is 251 g/mol. The van der Waals surface area contributed by atoms with Crippen LogP contribution in [-0.4, -0.2) is 29.3 Å². The smallest absolute Gasteiger partial charge is 0.398 e. The van der Waals surface area contributed by atoms with Crippen LogP contribution in [0, 0.1) is 6.92 Å². The van der Waals surface area contributed by atoms with E-state index in [9.17, 15) is 0 Å². The van der Waals surface area contributed by atoms with Crippen molar-refractivity contribution in [1.82, 2.24) is 4.98 Å². The second kappa shape index (κ2) is 5.13. The molecule has 1 fully saturated rings. The van der Waals surface area contributed by atoms with Gasteiger partial charge in [-0.1, -0.05) is 0 Å². The largest absolute Gasteiger partial charge is 0.514 e. The summed E-state index contributed by atoms with van der Waals surface area (Å²) in [6.07, 6.45) is 2.64. The summed E-state index contributed by atoms with van der Waals surface area (Å²) in [7, 11) is -0.409. The van der Waals surface area contributed by atoms with Crippen LogP contribution in [0.15, 0.2) is 12.3 Å². The molecule has 2 heterocycles. The van der Waals surface area contributed by atoms with Crippen molar-refractivity contribution < 1.29 is 9.31 Å². The highest BCUT2D eigenvalue weighted by atomic mass is 16.7. The zero-order valence-electron chi connectivity index (χ0n) is 13.4. The van der Waals surface area contributed by atoms with Gasteiger partial charge in [0.15, 0.2) is 0 Å². The lowest BCUT2D eigenvalue weighted by atomic mass is 9.79. The molecule has 5 heteroatoms. The number of pyridine rings is 1. The monoisotopic (exact) mass is 276 g/mol. The molecule has 0 saturated carbocycles. The minimum Gasteiger partial charge on any atom is -0.398 e. The van der Waals surface area contributed by atoms with Gasteiger partial charge in [-0.3, -0.25) is 4.98 Å². The molecule has 0 radical (unpaired) electrons. The SMILES string of the molecule is Cc1c(CC(C)N)ccnc1B1OC(C)(C)C(C)(C)O1. The fraction of sp³-hybridized carbons (Fsp3) is 0.667. The second-order valence-corrected chi connectivity index (χ2v) is 6.75. The lowest BCUT2D eigenvalue weighted by Crippen LogP contribution is -2.41. The Balaban J connectivity index is 2.31. The van der Waals surface area contributed by atoms with E-state index in [0.717, 1.165) is 17.6 Å². The van der Waals surface area contributed by atoms with Crippen LogP contribution in [0.4, 0.5) is 0 Å². The Hall–Kier alpha value is -0.905. The van der Waals surface area contributed by atoms with E-state index >= 15 is 0 Å². The predicted octanol–water partition coefficient (Wildman–Crippen LogP) is 1.58. The first-order valence-electron chi connectivity index (χ1n) is 7.19. The van der Waals surface area contributed by atoms with Gasteiger partial charge in [0.05, 0.1) is 16.8 Å². The zero-order chi connectivity index (χ0) is 15.1. The molecule has 110 valence electrons. The van der Waals surface area contributed by atoms with Gasteiger partial charge < -0.3 is 15.0 Å². The molecule has 1 aromatic heterocycles. The van der Waals surface area contributed by atoms with Crippen molar-refractivity contribution in [3.05, 3.63) is 23.4 Å². The maximum Gasteiger partial charge on any atom is 0.514 e. The number of nitrogens with two attached hydrogens (primary N) is 1. The molecule has 0 spiro atoms. The van der Waals surface area contributed by atoms with Gasteiger partial charge in [0.25, 0.3) is 0 Å². The van der Waals surface area contributed by atoms with E-state index in [1.165, 1.54) is 5.56 Å². The van der Waals surface area contributed by atoms with E-state index in [0.29, 0.717) is 0 Å². The molecular formula is C15H25BN2O2. The topological polar surface area (TPSA) is 57.4 Å². The van der Waals surface area contributed by atoms with Gasteiger partial charge in [-0.05, 0) is 65.2 Å². The summed E-state index contributed by atoms with van der Waals surface area (Å²) < 4.78 is 12.1. The van der Waals surface area contributed by atoms with Crippen molar-refractivity contribution in [3.63, 3.8) is 0 Å². The van der Waals surface area contributed by atoms with Crippen molar-refractivity contribution >= 4 is 12.7 Å². The van der Waals surface area contributed by atoms with E-state index in [1.807, 2.05) is 46.9 Å². The lowest BCUT2D eigenvalue weighted by molar-refractivity contribution is 0.00578. The van der Waals surface area contributed by atoms with Gasteiger partial charge in [0.2, 0.25) is 0 Å². The minimum atomic E-state index is -0.409. The van der Waals surface area contributed by atoms with E-state index < -0.39 is 7.12 Å². The molecule has 2 rings (SSSR count). The molecule has 1 unspecified atom stereocenters. The van der Waals surface area contributed by atoms with Gasteiger partial charge in [-0.15, -0.1) is 0 Å². The van der Waals surface area contributed by atoms with Gasteiger partial charge >= 0.3 is 7.12 Å². The Labute approximate surface area is 122 Å². The molecule has 1 aliphatic heterocycles. The van der Waals surface area contributed by atoms with E-state index in [4.69, 9.17) is 15.0 Å². The molecule has 0 aliphatic carbocycles. The lowest BCUT2D eigenvalue weighted by Gasteiger charge is -2.32. The summed E-state index contributed by atoms with van der Waals surface area (Å²) >= 11 is 0. The highest BCUT2D eigenvalue weighted by molar-refractivity contribution is 6.61. The predicted molar refractivity (Wildman–Crippen MR) is 82.0 cm³/mol. The van der Waals surface area contributed by atoms with E-state index in [2.05, 4.69) is 11.9 Å².